The van der Waals surface area contributed by atoms with E-state index in [2.05, 4.69) is 24.5 Å². The smallest absolute Gasteiger partial charge is 0.227 e. The molecule has 2 saturated carbocycles. The van der Waals surface area contributed by atoms with E-state index < -0.39 is 0 Å². The molecule has 0 aliphatic heterocycles. The SMILES string of the molecule is Cc1ccc(NC(=O)C2CCC(C(=O)NC3CCCC3)CC2)cc1C. The lowest BCUT2D eigenvalue weighted by atomic mass is 9.81. The summed E-state index contributed by atoms with van der Waals surface area (Å²) in [5.74, 6) is 0.418. The van der Waals surface area contributed by atoms with Crippen LogP contribution in [-0.2, 0) is 9.59 Å². The quantitative estimate of drug-likeness (QED) is 0.865. The molecule has 1 aromatic rings. The average Bonchev–Trinajstić information content (AvgIpc) is 3.11. The maximum atomic E-state index is 12.5. The highest BCUT2D eigenvalue weighted by Crippen LogP contribution is 2.30. The van der Waals surface area contributed by atoms with Crippen LogP contribution in [0.4, 0.5) is 5.69 Å². The molecule has 0 aromatic heterocycles. The van der Waals surface area contributed by atoms with E-state index in [-0.39, 0.29) is 23.7 Å². The minimum Gasteiger partial charge on any atom is -0.353 e. The molecular formula is C21H30N2O2. The van der Waals surface area contributed by atoms with Gasteiger partial charge in [-0.3, -0.25) is 9.59 Å². The van der Waals surface area contributed by atoms with Crippen molar-refractivity contribution in [2.75, 3.05) is 5.32 Å². The van der Waals surface area contributed by atoms with Gasteiger partial charge in [0.25, 0.3) is 0 Å². The molecule has 4 heteroatoms. The Labute approximate surface area is 150 Å². The summed E-state index contributed by atoms with van der Waals surface area (Å²) in [5.41, 5.74) is 3.28. The first-order chi connectivity index (χ1) is 12.0. The van der Waals surface area contributed by atoms with Gasteiger partial charge in [-0.1, -0.05) is 18.9 Å². The fourth-order valence-corrected chi connectivity index (χ4v) is 4.07. The van der Waals surface area contributed by atoms with Crippen molar-refractivity contribution < 1.29 is 9.59 Å². The molecule has 0 saturated heterocycles. The van der Waals surface area contributed by atoms with Crippen molar-refractivity contribution in [3.8, 4) is 0 Å². The summed E-state index contributed by atoms with van der Waals surface area (Å²) in [6, 6.07) is 6.41. The van der Waals surface area contributed by atoms with E-state index in [9.17, 15) is 9.59 Å². The third-order valence-corrected chi connectivity index (χ3v) is 5.94. The van der Waals surface area contributed by atoms with Gasteiger partial charge in [-0.25, -0.2) is 0 Å². The molecule has 0 heterocycles. The number of rotatable bonds is 4. The molecule has 2 aliphatic carbocycles. The van der Waals surface area contributed by atoms with Crippen LogP contribution >= 0.6 is 0 Å². The zero-order chi connectivity index (χ0) is 17.8. The first-order valence-corrected chi connectivity index (χ1v) is 9.71. The number of nitrogens with one attached hydrogen (secondary N) is 2. The second kappa shape index (κ2) is 8.03. The average molecular weight is 342 g/mol. The first kappa shape index (κ1) is 18.0. The van der Waals surface area contributed by atoms with Gasteiger partial charge in [0.15, 0.2) is 0 Å². The van der Waals surface area contributed by atoms with Crippen LogP contribution in [0.1, 0.15) is 62.5 Å². The molecule has 0 atom stereocenters. The van der Waals surface area contributed by atoms with E-state index in [1.807, 2.05) is 18.2 Å². The number of carbonyl (C=O) groups is 2. The van der Waals surface area contributed by atoms with Gasteiger partial charge in [-0.05, 0) is 75.6 Å². The molecule has 0 bridgehead atoms. The molecule has 2 N–H and O–H groups in total. The third kappa shape index (κ3) is 4.62. The van der Waals surface area contributed by atoms with Crippen molar-refractivity contribution in [2.24, 2.45) is 11.8 Å². The molecule has 2 fully saturated rings. The van der Waals surface area contributed by atoms with Gasteiger partial charge in [-0.2, -0.15) is 0 Å². The second-order valence-electron chi connectivity index (χ2n) is 7.83. The van der Waals surface area contributed by atoms with Crippen molar-refractivity contribution in [2.45, 2.75) is 71.3 Å². The molecule has 25 heavy (non-hydrogen) atoms. The molecule has 0 spiro atoms. The summed E-state index contributed by atoms with van der Waals surface area (Å²) >= 11 is 0. The van der Waals surface area contributed by atoms with Crippen LogP contribution in [0.3, 0.4) is 0 Å². The van der Waals surface area contributed by atoms with E-state index in [0.29, 0.717) is 6.04 Å². The van der Waals surface area contributed by atoms with Crippen molar-refractivity contribution >= 4 is 17.5 Å². The topological polar surface area (TPSA) is 58.2 Å². The fourth-order valence-electron chi connectivity index (χ4n) is 4.07. The maximum absolute atomic E-state index is 12.5. The minimum absolute atomic E-state index is 0.0251. The Bertz CT molecular complexity index is 627. The summed E-state index contributed by atoms with van der Waals surface area (Å²) < 4.78 is 0. The summed E-state index contributed by atoms with van der Waals surface area (Å²) in [4.78, 5) is 24.9. The van der Waals surface area contributed by atoms with Crippen LogP contribution in [-0.4, -0.2) is 17.9 Å². The van der Waals surface area contributed by atoms with Gasteiger partial charge in [0, 0.05) is 23.6 Å². The highest BCUT2D eigenvalue weighted by Gasteiger charge is 2.31. The second-order valence-corrected chi connectivity index (χ2v) is 7.83. The van der Waals surface area contributed by atoms with Gasteiger partial charge < -0.3 is 10.6 Å². The monoisotopic (exact) mass is 342 g/mol. The number of hydrogen-bond donors (Lipinski definition) is 2. The fraction of sp³-hybridized carbons (Fsp3) is 0.619. The Balaban J connectivity index is 1.46. The Kier molecular flexibility index (Phi) is 5.77. The molecular weight excluding hydrogens is 312 g/mol. The van der Waals surface area contributed by atoms with Crippen LogP contribution in [0.25, 0.3) is 0 Å². The molecule has 2 amide bonds. The van der Waals surface area contributed by atoms with Crippen molar-refractivity contribution in [3.63, 3.8) is 0 Å². The lowest BCUT2D eigenvalue weighted by Gasteiger charge is -2.28. The van der Waals surface area contributed by atoms with Crippen molar-refractivity contribution in [1.29, 1.82) is 0 Å². The normalized spacial score (nSPS) is 24.1. The molecule has 136 valence electrons. The van der Waals surface area contributed by atoms with Crippen LogP contribution in [0.5, 0.6) is 0 Å². The largest absolute Gasteiger partial charge is 0.353 e. The molecule has 2 aliphatic rings. The Hall–Kier alpha value is -1.84. The standard InChI is InChI=1S/C21H30N2O2/c1-14-7-12-19(13-15(14)2)23-21(25)17-10-8-16(9-11-17)20(24)22-18-5-3-4-6-18/h7,12-13,16-18H,3-6,8-11H2,1-2H3,(H,22,24)(H,23,25). The lowest BCUT2D eigenvalue weighted by molar-refractivity contribution is -0.129. The Morgan fingerprint density at radius 1 is 0.840 bits per heavy atom. The summed E-state index contributed by atoms with van der Waals surface area (Å²) in [6.45, 7) is 4.12. The first-order valence-electron chi connectivity index (χ1n) is 9.71. The van der Waals surface area contributed by atoms with Gasteiger partial charge in [0.05, 0.1) is 0 Å². The predicted octanol–water partition coefficient (Wildman–Crippen LogP) is 4.11. The predicted molar refractivity (Wildman–Crippen MR) is 100 cm³/mol. The number of benzene rings is 1. The van der Waals surface area contributed by atoms with Crippen molar-refractivity contribution in [3.05, 3.63) is 29.3 Å². The molecule has 3 rings (SSSR count). The van der Waals surface area contributed by atoms with Crippen LogP contribution in [0.2, 0.25) is 0 Å². The Morgan fingerprint density at radius 2 is 1.44 bits per heavy atom. The van der Waals surface area contributed by atoms with E-state index in [1.165, 1.54) is 24.0 Å². The van der Waals surface area contributed by atoms with E-state index in [0.717, 1.165) is 44.2 Å². The molecule has 0 unspecified atom stereocenters. The number of carbonyl (C=O) groups excluding carboxylic acids is 2. The third-order valence-electron chi connectivity index (χ3n) is 5.94. The van der Waals surface area contributed by atoms with Crippen LogP contribution in [0, 0.1) is 25.7 Å². The maximum Gasteiger partial charge on any atom is 0.227 e. The van der Waals surface area contributed by atoms with E-state index >= 15 is 0 Å². The molecule has 0 radical (unpaired) electrons. The molecule has 4 nitrogen and oxygen atoms in total. The zero-order valence-corrected chi connectivity index (χ0v) is 15.4. The number of hydrogen-bond acceptors (Lipinski definition) is 2. The highest BCUT2D eigenvalue weighted by molar-refractivity contribution is 5.93. The summed E-state index contributed by atoms with van der Waals surface area (Å²) in [6.07, 6.45) is 7.97. The number of aryl methyl sites for hydroxylation is 2. The van der Waals surface area contributed by atoms with Crippen LogP contribution in [0.15, 0.2) is 18.2 Å². The zero-order valence-electron chi connectivity index (χ0n) is 15.4. The van der Waals surface area contributed by atoms with Crippen molar-refractivity contribution in [1.82, 2.24) is 5.32 Å². The lowest BCUT2D eigenvalue weighted by Crippen LogP contribution is -2.39. The minimum atomic E-state index is 0.0251. The van der Waals surface area contributed by atoms with Gasteiger partial charge in [0.2, 0.25) is 11.8 Å². The van der Waals surface area contributed by atoms with Gasteiger partial charge in [-0.15, -0.1) is 0 Å². The summed E-state index contributed by atoms with van der Waals surface area (Å²) in [5, 5.41) is 6.25. The van der Waals surface area contributed by atoms with E-state index in [4.69, 9.17) is 0 Å². The highest BCUT2D eigenvalue weighted by atomic mass is 16.2. The number of amides is 2. The van der Waals surface area contributed by atoms with Gasteiger partial charge in [0.1, 0.15) is 0 Å². The molecule has 1 aromatic carbocycles. The Morgan fingerprint density at radius 3 is 2.04 bits per heavy atom. The van der Waals surface area contributed by atoms with Gasteiger partial charge >= 0.3 is 0 Å². The van der Waals surface area contributed by atoms with E-state index in [1.54, 1.807) is 0 Å². The summed E-state index contributed by atoms with van der Waals surface area (Å²) in [7, 11) is 0. The van der Waals surface area contributed by atoms with Crippen LogP contribution < -0.4 is 10.6 Å². The number of anilines is 1.